The van der Waals surface area contributed by atoms with E-state index in [0.717, 1.165) is 33.7 Å². The highest BCUT2D eigenvalue weighted by molar-refractivity contribution is 6.33. The third kappa shape index (κ3) is 3.46. The molecule has 0 aliphatic rings. The van der Waals surface area contributed by atoms with Crippen LogP contribution in [-0.2, 0) is 4.79 Å². The van der Waals surface area contributed by atoms with E-state index in [0.29, 0.717) is 5.69 Å². The van der Waals surface area contributed by atoms with E-state index in [9.17, 15) is 9.18 Å². The summed E-state index contributed by atoms with van der Waals surface area (Å²) in [4.78, 5) is 12.4. The topological polar surface area (TPSA) is 54.3 Å². The van der Waals surface area contributed by atoms with Gasteiger partial charge in [-0.3, -0.25) is 4.79 Å². The van der Waals surface area contributed by atoms with Gasteiger partial charge in [-0.25, -0.2) is 4.39 Å². The van der Waals surface area contributed by atoms with Crippen molar-refractivity contribution in [3.05, 3.63) is 71.5 Å². The molecule has 27 heavy (non-hydrogen) atoms. The molecule has 0 spiro atoms. The summed E-state index contributed by atoms with van der Waals surface area (Å²) in [6.07, 6.45) is 0. The molecule has 0 unspecified atom stereocenters. The second kappa shape index (κ2) is 6.93. The number of furan rings is 1. The Balaban J connectivity index is 1.54. The standard InChI is InChI=1S/C21H16ClFN2O2/c1-12(21(26)25-18-8-6-13(23)10-17(18)22)24-14-7-9-20-16(11-14)15-4-2-3-5-19(15)27-20/h2-12,24H,1H3,(H,25,26)/t12-/m0/s1. The summed E-state index contributed by atoms with van der Waals surface area (Å²) in [6, 6.07) is 16.8. The van der Waals surface area contributed by atoms with Gasteiger partial charge in [-0.1, -0.05) is 29.8 Å². The van der Waals surface area contributed by atoms with Crippen LogP contribution in [0.5, 0.6) is 0 Å². The summed E-state index contributed by atoms with van der Waals surface area (Å²) in [7, 11) is 0. The molecule has 2 N–H and O–H groups in total. The number of nitrogens with one attached hydrogen (secondary N) is 2. The Labute approximate surface area is 159 Å². The van der Waals surface area contributed by atoms with Crippen LogP contribution in [0, 0.1) is 5.82 Å². The monoisotopic (exact) mass is 382 g/mol. The van der Waals surface area contributed by atoms with Crippen molar-refractivity contribution in [1.82, 2.24) is 0 Å². The largest absolute Gasteiger partial charge is 0.456 e. The normalized spacial score (nSPS) is 12.3. The molecular weight excluding hydrogens is 367 g/mol. The van der Waals surface area contributed by atoms with E-state index < -0.39 is 11.9 Å². The lowest BCUT2D eigenvalue weighted by atomic mass is 10.1. The highest BCUT2D eigenvalue weighted by atomic mass is 35.5. The maximum atomic E-state index is 13.1. The van der Waals surface area contributed by atoms with Crippen LogP contribution in [-0.4, -0.2) is 11.9 Å². The van der Waals surface area contributed by atoms with Crippen molar-refractivity contribution in [2.24, 2.45) is 0 Å². The molecule has 4 rings (SSSR count). The van der Waals surface area contributed by atoms with Crippen LogP contribution in [0.1, 0.15) is 6.92 Å². The second-order valence-electron chi connectivity index (χ2n) is 6.29. The van der Waals surface area contributed by atoms with E-state index in [-0.39, 0.29) is 10.9 Å². The van der Waals surface area contributed by atoms with Gasteiger partial charge in [-0.2, -0.15) is 0 Å². The average Bonchev–Trinajstić information content (AvgIpc) is 3.02. The SMILES string of the molecule is C[C@H](Nc1ccc2oc3ccccc3c2c1)C(=O)Nc1ccc(F)cc1Cl. The Morgan fingerprint density at radius 3 is 2.63 bits per heavy atom. The Bertz CT molecular complexity index is 1160. The first-order valence-electron chi connectivity index (χ1n) is 8.45. The fourth-order valence-electron chi connectivity index (χ4n) is 2.96. The molecule has 3 aromatic carbocycles. The van der Waals surface area contributed by atoms with Crippen LogP contribution in [0.4, 0.5) is 15.8 Å². The lowest BCUT2D eigenvalue weighted by Gasteiger charge is -2.16. The number of benzene rings is 3. The number of fused-ring (bicyclic) bond motifs is 3. The minimum absolute atomic E-state index is 0.154. The number of anilines is 2. The fraction of sp³-hybridized carbons (Fsp3) is 0.0952. The van der Waals surface area contributed by atoms with Gasteiger partial charge >= 0.3 is 0 Å². The molecule has 0 radical (unpaired) electrons. The number of hydrogen-bond acceptors (Lipinski definition) is 3. The van der Waals surface area contributed by atoms with Crippen molar-refractivity contribution < 1.29 is 13.6 Å². The molecule has 0 fully saturated rings. The zero-order valence-corrected chi connectivity index (χ0v) is 15.2. The van der Waals surface area contributed by atoms with Crippen molar-refractivity contribution in [3.8, 4) is 0 Å². The molecule has 1 atom stereocenters. The van der Waals surface area contributed by atoms with Crippen LogP contribution < -0.4 is 10.6 Å². The van der Waals surface area contributed by atoms with Crippen molar-refractivity contribution in [2.45, 2.75) is 13.0 Å². The van der Waals surface area contributed by atoms with E-state index in [4.69, 9.17) is 16.0 Å². The first kappa shape index (κ1) is 17.4. The zero-order valence-electron chi connectivity index (χ0n) is 14.4. The van der Waals surface area contributed by atoms with Gasteiger partial charge in [0.1, 0.15) is 23.0 Å². The third-order valence-electron chi connectivity index (χ3n) is 4.34. The summed E-state index contributed by atoms with van der Waals surface area (Å²) in [5.41, 5.74) is 2.77. The summed E-state index contributed by atoms with van der Waals surface area (Å²) < 4.78 is 18.9. The molecule has 4 nitrogen and oxygen atoms in total. The first-order valence-corrected chi connectivity index (χ1v) is 8.83. The predicted octanol–water partition coefficient (Wildman–Crippen LogP) is 5.82. The molecular formula is C21H16ClFN2O2. The number of rotatable bonds is 4. The van der Waals surface area contributed by atoms with Gasteiger partial charge in [0.25, 0.3) is 0 Å². The van der Waals surface area contributed by atoms with Crippen LogP contribution in [0.2, 0.25) is 5.02 Å². The van der Waals surface area contributed by atoms with Crippen LogP contribution in [0.25, 0.3) is 21.9 Å². The highest BCUT2D eigenvalue weighted by Crippen LogP contribution is 2.30. The van der Waals surface area contributed by atoms with Crippen molar-refractivity contribution in [2.75, 3.05) is 10.6 Å². The Hall–Kier alpha value is -3.05. The molecule has 0 aliphatic heterocycles. The summed E-state index contributed by atoms with van der Waals surface area (Å²) in [5, 5.41) is 8.02. The van der Waals surface area contributed by atoms with Gasteiger partial charge in [0, 0.05) is 16.5 Å². The van der Waals surface area contributed by atoms with Gasteiger partial charge < -0.3 is 15.1 Å². The smallest absolute Gasteiger partial charge is 0.246 e. The van der Waals surface area contributed by atoms with Gasteiger partial charge in [0.05, 0.1) is 10.7 Å². The van der Waals surface area contributed by atoms with Gasteiger partial charge in [-0.15, -0.1) is 0 Å². The van der Waals surface area contributed by atoms with Crippen molar-refractivity contribution in [1.29, 1.82) is 0 Å². The van der Waals surface area contributed by atoms with E-state index >= 15 is 0 Å². The van der Waals surface area contributed by atoms with Crippen molar-refractivity contribution in [3.63, 3.8) is 0 Å². The number of halogens is 2. The summed E-state index contributed by atoms with van der Waals surface area (Å²) in [6.45, 7) is 1.74. The Morgan fingerprint density at radius 2 is 1.81 bits per heavy atom. The van der Waals surface area contributed by atoms with Crippen molar-refractivity contribution >= 4 is 50.8 Å². The fourth-order valence-corrected chi connectivity index (χ4v) is 3.18. The van der Waals surface area contributed by atoms with Gasteiger partial charge in [-0.05, 0) is 49.4 Å². The third-order valence-corrected chi connectivity index (χ3v) is 4.65. The van der Waals surface area contributed by atoms with Crippen LogP contribution in [0.15, 0.2) is 65.1 Å². The van der Waals surface area contributed by atoms with E-state index in [1.165, 1.54) is 12.1 Å². The number of carbonyl (C=O) groups excluding carboxylic acids is 1. The molecule has 4 aromatic rings. The number of amides is 1. The van der Waals surface area contributed by atoms with Gasteiger partial charge in [0.2, 0.25) is 5.91 Å². The first-order chi connectivity index (χ1) is 13.0. The molecule has 136 valence electrons. The Morgan fingerprint density at radius 1 is 1.04 bits per heavy atom. The molecule has 0 aliphatic carbocycles. The lowest BCUT2D eigenvalue weighted by molar-refractivity contribution is -0.116. The molecule has 0 saturated carbocycles. The highest BCUT2D eigenvalue weighted by Gasteiger charge is 2.15. The maximum Gasteiger partial charge on any atom is 0.246 e. The number of carbonyl (C=O) groups is 1. The second-order valence-corrected chi connectivity index (χ2v) is 6.70. The van der Waals surface area contributed by atoms with E-state index in [1.54, 1.807) is 6.92 Å². The lowest BCUT2D eigenvalue weighted by Crippen LogP contribution is -2.31. The summed E-state index contributed by atoms with van der Waals surface area (Å²) in [5.74, 6) is -0.731. The minimum atomic E-state index is -0.526. The van der Waals surface area contributed by atoms with Crippen LogP contribution >= 0.6 is 11.6 Å². The maximum absolute atomic E-state index is 13.1. The van der Waals surface area contributed by atoms with E-state index in [2.05, 4.69) is 10.6 Å². The predicted molar refractivity (Wildman–Crippen MR) is 107 cm³/mol. The molecule has 1 aromatic heterocycles. The van der Waals surface area contributed by atoms with Crippen LogP contribution in [0.3, 0.4) is 0 Å². The molecule has 1 heterocycles. The zero-order chi connectivity index (χ0) is 19.0. The molecule has 1 amide bonds. The number of hydrogen-bond donors (Lipinski definition) is 2. The quantitative estimate of drug-likeness (QED) is 0.467. The minimum Gasteiger partial charge on any atom is -0.456 e. The molecule has 0 saturated heterocycles. The average molecular weight is 383 g/mol. The molecule has 6 heteroatoms. The molecule has 0 bridgehead atoms. The van der Waals surface area contributed by atoms with E-state index in [1.807, 2.05) is 42.5 Å². The van der Waals surface area contributed by atoms with Gasteiger partial charge in [0.15, 0.2) is 0 Å². The summed E-state index contributed by atoms with van der Waals surface area (Å²) >= 11 is 5.96. The Kier molecular flexibility index (Phi) is 4.46. The number of para-hydroxylation sites is 1.